The number of benzene rings is 1. The molecule has 0 saturated heterocycles. The molecule has 0 bridgehead atoms. The lowest BCUT2D eigenvalue weighted by Crippen LogP contribution is -2.07. The first kappa shape index (κ1) is 9.95. The Morgan fingerprint density at radius 3 is 2.60 bits per heavy atom. The second kappa shape index (κ2) is 3.22. The zero-order valence-corrected chi connectivity index (χ0v) is 7.81. The Labute approximate surface area is 83.8 Å². The summed E-state index contributed by atoms with van der Waals surface area (Å²) >= 11 is 0. The molecule has 1 heterocycles. The zero-order valence-electron chi connectivity index (χ0n) is 7.81. The fraction of sp³-hybridized carbons (Fsp3) is 0.333. The van der Waals surface area contributed by atoms with Crippen LogP contribution in [-0.4, -0.2) is 13.8 Å². The van der Waals surface area contributed by atoms with E-state index in [1.165, 1.54) is 13.1 Å². The highest BCUT2D eigenvalue weighted by molar-refractivity contribution is 5.60. The first-order valence-corrected chi connectivity index (χ1v) is 4.21. The number of rotatable bonds is 1. The van der Waals surface area contributed by atoms with Crippen LogP contribution in [0.1, 0.15) is 5.56 Å². The van der Waals surface area contributed by atoms with Crippen molar-refractivity contribution >= 4 is 5.69 Å². The molecule has 82 valence electrons. The fourth-order valence-corrected chi connectivity index (χ4v) is 1.37. The molecule has 3 nitrogen and oxygen atoms in total. The number of hydrogen-bond donors (Lipinski definition) is 1. The first-order valence-electron chi connectivity index (χ1n) is 4.21. The van der Waals surface area contributed by atoms with Gasteiger partial charge in [0.1, 0.15) is 5.56 Å². The third-order valence-electron chi connectivity index (χ3n) is 2.07. The lowest BCUT2D eigenvalue weighted by Gasteiger charge is -2.11. The van der Waals surface area contributed by atoms with Crippen molar-refractivity contribution in [2.45, 2.75) is 6.18 Å². The van der Waals surface area contributed by atoms with Crippen LogP contribution in [0.15, 0.2) is 12.1 Å². The minimum Gasteiger partial charge on any atom is -0.453 e. The molecule has 0 fully saturated rings. The Balaban J connectivity index is 2.57. The van der Waals surface area contributed by atoms with E-state index in [0.717, 1.165) is 6.07 Å². The maximum atomic E-state index is 12.6. The molecule has 0 radical (unpaired) electrons. The summed E-state index contributed by atoms with van der Waals surface area (Å²) in [5, 5.41) is 2.63. The summed E-state index contributed by atoms with van der Waals surface area (Å²) in [7, 11) is 1.54. The summed E-state index contributed by atoms with van der Waals surface area (Å²) in [6.07, 6.45) is -4.44. The average Bonchev–Trinajstić information content (AvgIpc) is 2.61. The SMILES string of the molecule is CNc1cc2c(c(C(F)(F)F)c1)OCO2. The molecule has 0 aromatic heterocycles. The van der Waals surface area contributed by atoms with Gasteiger partial charge in [-0.15, -0.1) is 0 Å². The number of nitrogens with one attached hydrogen (secondary N) is 1. The number of anilines is 1. The number of ether oxygens (including phenoxy) is 2. The lowest BCUT2D eigenvalue weighted by atomic mass is 10.1. The summed E-state index contributed by atoms with van der Waals surface area (Å²) in [5.74, 6) is -0.115. The molecule has 1 N–H and O–H groups in total. The van der Waals surface area contributed by atoms with Crippen molar-refractivity contribution in [1.82, 2.24) is 0 Å². The number of halogens is 3. The summed E-state index contributed by atoms with van der Waals surface area (Å²) in [6.45, 7) is -0.175. The van der Waals surface area contributed by atoms with E-state index in [1.807, 2.05) is 0 Å². The van der Waals surface area contributed by atoms with Crippen LogP contribution in [0.4, 0.5) is 18.9 Å². The predicted molar refractivity (Wildman–Crippen MR) is 47.1 cm³/mol. The van der Waals surface area contributed by atoms with Crippen LogP contribution in [-0.2, 0) is 6.18 Å². The van der Waals surface area contributed by atoms with E-state index in [4.69, 9.17) is 9.47 Å². The van der Waals surface area contributed by atoms with Gasteiger partial charge in [0.05, 0.1) is 0 Å². The van der Waals surface area contributed by atoms with E-state index in [2.05, 4.69) is 5.32 Å². The maximum absolute atomic E-state index is 12.6. The minimum absolute atomic E-state index is 0.120. The van der Waals surface area contributed by atoms with E-state index < -0.39 is 11.7 Å². The van der Waals surface area contributed by atoms with Gasteiger partial charge in [0.15, 0.2) is 11.5 Å². The maximum Gasteiger partial charge on any atom is 0.420 e. The smallest absolute Gasteiger partial charge is 0.420 e. The van der Waals surface area contributed by atoms with Gasteiger partial charge >= 0.3 is 6.18 Å². The Kier molecular flexibility index (Phi) is 2.13. The highest BCUT2D eigenvalue weighted by Crippen LogP contribution is 2.45. The van der Waals surface area contributed by atoms with Crippen molar-refractivity contribution in [2.75, 3.05) is 19.2 Å². The van der Waals surface area contributed by atoms with Crippen molar-refractivity contribution in [1.29, 1.82) is 0 Å². The zero-order chi connectivity index (χ0) is 11.1. The van der Waals surface area contributed by atoms with Crippen LogP contribution in [0.5, 0.6) is 11.5 Å². The fourth-order valence-electron chi connectivity index (χ4n) is 1.37. The Bertz CT molecular complexity index is 390. The van der Waals surface area contributed by atoms with Crippen LogP contribution < -0.4 is 14.8 Å². The molecule has 0 spiro atoms. The normalized spacial score (nSPS) is 14.1. The molecule has 0 unspecified atom stereocenters. The van der Waals surface area contributed by atoms with Crippen molar-refractivity contribution in [2.24, 2.45) is 0 Å². The van der Waals surface area contributed by atoms with E-state index in [-0.39, 0.29) is 18.3 Å². The molecule has 2 rings (SSSR count). The highest BCUT2D eigenvalue weighted by atomic mass is 19.4. The molecule has 1 aromatic rings. The quantitative estimate of drug-likeness (QED) is 0.787. The van der Waals surface area contributed by atoms with E-state index in [9.17, 15) is 13.2 Å². The lowest BCUT2D eigenvalue weighted by molar-refractivity contribution is -0.138. The number of hydrogen-bond acceptors (Lipinski definition) is 3. The molecular formula is C9H8F3NO2. The summed E-state index contributed by atoms with van der Waals surface area (Å²) < 4.78 is 47.5. The van der Waals surface area contributed by atoms with Crippen LogP contribution in [0.25, 0.3) is 0 Å². The van der Waals surface area contributed by atoms with Gasteiger partial charge in [0, 0.05) is 18.8 Å². The van der Waals surface area contributed by atoms with Crippen LogP contribution in [0.3, 0.4) is 0 Å². The van der Waals surface area contributed by atoms with Crippen molar-refractivity contribution in [3.05, 3.63) is 17.7 Å². The first-order chi connectivity index (χ1) is 7.02. The highest BCUT2D eigenvalue weighted by Gasteiger charge is 2.38. The van der Waals surface area contributed by atoms with Gasteiger partial charge in [-0.1, -0.05) is 0 Å². The van der Waals surface area contributed by atoms with Gasteiger partial charge in [0.2, 0.25) is 6.79 Å². The standard InChI is InChI=1S/C9H8F3NO2/c1-13-5-2-6(9(10,11)12)8-7(3-5)14-4-15-8/h2-3,13H,4H2,1H3. The minimum atomic E-state index is -4.44. The molecule has 1 aliphatic rings. The second-order valence-corrected chi connectivity index (χ2v) is 3.01. The molecule has 1 aromatic carbocycles. The van der Waals surface area contributed by atoms with Gasteiger partial charge < -0.3 is 14.8 Å². The number of fused-ring (bicyclic) bond motifs is 1. The van der Waals surface area contributed by atoms with Gasteiger partial charge in [-0.2, -0.15) is 13.2 Å². The summed E-state index contributed by atoms with van der Waals surface area (Å²) in [4.78, 5) is 0. The van der Waals surface area contributed by atoms with Crippen molar-refractivity contribution in [3.63, 3.8) is 0 Å². The molecule has 6 heteroatoms. The largest absolute Gasteiger partial charge is 0.453 e. The molecule has 0 amide bonds. The molecule has 1 aliphatic heterocycles. The topological polar surface area (TPSA) is 30.5 Å². The number of alkyl halides is 3. The van der Waals surface area contributed by atoms with Gasteiger partial charge in [-0.05, 0) is 6.07 Å². The van der Waals surface area contributed by atoms with E-state index in [0.29, 0.717) is 5.69 Å². The third kappa shape index (κ3) is 1.67. The molecule has 0 atom stereocenters. The Morgan fingerprint density at radius 2 is 2.00 bits per heavy atom. The van der Waals surface area contributed by atoms with Crippen LogP contribution in [0.2, 0.25) is 0 Å². The van der Waals surface area contributed by atoms with Crippen LogP contribution in [0, 0.1) is 0 Å². The van der Waals surface area contributed by atoms with Crippen LogP contribution >= 0.6 is 0 Å². The van der Waals surface area contributed by atoms with Gasteiger partial charge in [-0.25, -0.2) is 0 Å². The third-order valence-corrected chi connectivity index (χ3v) is 2.07. The summed E-state index contributed by atoms with van der Waals surface area (Å²) in [6, 6.07) is 2.46. The van der Waals surface area contributed by atoms with Gasteiger partial charge in [0.25, 0.3) is 0 Å². The molecule has 0 aliphatic carbocycles. The molecule has 0 saturated carbocycles. The Hall–Kier alpha value is -1.59. The predicted octanol–water partition coefficient (Wildman–Crippen LogP) is 2.48. The molecular weight excluding hydrogens is 211 g/mol. The Morgan fingerprint density at radius 1 is 1.27 bits per heavy atom. The van der Waals surface area contributed by atoms with Crippen molar-refractivity contribution in [3.8, 4) is 11.5 Å². The monoisotopic (exact) mass is 219 g/mol. The summed E-state index contributed by atoms with van der Waals surface area (Å²) in [5.41, 5.74) is -0.478. The van der Waals surface area contributed by atoms with E-state index >= 15 is 0 Å². The second-order valence-electron chi connectivity index (χ2n) is 3.01. The van der Waals surface area contributed by atoms with E-state index in [1.54, 1.807) is 0 Å². The average molecular weight is 219 g/mol. The molecule has 15 heavy (non-hydrogen) atoms. The van der Waals surface area contributed by atoms with Crippen molar-refractivity contribution < 1.29 is 22.6 Å². The van der Waals surface area contributed by atoms with Gasteiger partial charge in [-0.3, -0.25) is 0 Å².